The number of rotatable bonds is 5. The average Bonchev–Trinajstić information content (AvgIpc) is 3.22. The van der Waals surface area contributed by atoms with E-state index in [4.69, 9.17) is 21.4 Å². The molecule has 0 fully saturated rings. The van der Waals surface area contributed by atoms with Gasteiger partial charge in [0.15, 0.2) is 10.7 Å². The van der Waals surface area contributed by atoms with Crippen LogP contribution in [0.5, 0.6) is 5.75 Å². The van der Waals surface area contributed by atoms with Crippen LogP contribution in [0.2, 0.25) is 0 Å². The van der Waals surface area contributed by atoms with Gasteiger partial charge in [-0.05, 0) is 60.6 Å². The lowest BCUT2D eigenvalue weighted by atomic mass is 10.1. The molecular formula is C24H21N3O3S. The van der Waals surface area contributed by atoms with Crippen molar-refractivity contribution in [3.05, 3.63) is 83.4 Å². The first-order valence-electron chi connectivity index (χ1n) is 9.73. The molecule has 1 aromatic heterocycles. The monoisotopic (exact) mass is 431 g/mol. The van der Waals surface area contributed by atoms with Crippen LogP contribution < -0.4 is 15.4 Å². The van der Waals surface area contributed by atoms with Crippen molar-refractivity contribution in [3.8, 4) is 17.2 Å². The molecule has 0 saturated heterocycles. The molecule has 0 radical (unpaired) electrons. The molecule has 3 aromatic carbocycles. The first-order valence-corrected chi connectivity index (χ1v) is 10.1. The molecule has 0 bridgehead atoms. The van der Waals surface area contributed by atoms with Crippen molar-refractivity contribution < 1.29 is 13.9 Å². The molecule has 0 unspecified atom stereocenters. The zero-order valence-corrected chi connectivity index (χ0v) is 18.0. The summed E-state index contributed by atoms with van der Waals surface area (Å²) in [6.07, 6.45) is 0. The van der Waals surface area contributed by atoms with Crippen molar-refractivity contribution in [2.24, 2.45) is 0 Å². The highest BCUT2D eigenvalue weighted by atomic mass is 32.1. The van der Waals surface area contributed by atoms with Gasteiger partial charge in [0.2, 0.25) is 5.89 Å². The normalized spacial score (nSPS) is 10.6. The summed E-state index contributed by atoms with van der Waals surface area (Å²) >= 11 is 5.27. The van der Waals surface area contributed by atoms with E-state index in [1.165, 1.54) is 0 Å². The topological polar surface area (TPSA) is 76.4 Å². The third-order valence-electron chi connectivity index (χ3n) is 4.84. The molecular weight excluding hydrogens is 410 g/mol. The van der Waals surface area contributed by atoms with E-state index >= 15 is 0 Å². The van der Waals surface area contributed by atoms with Crippen LogP contribution in [0.1, 0.15) is 21.5 Å². The van der Waals surface area contributed by atoms with Gasteiger partial charge in [0.25, 0.3) is 5.91 Å². The first kappa shape index (κ1) is 20.6. The number of nitrogens with zero attached hydrogens (tertiary/aromatic N) is 1. The molecule has 0 aliphatic heterocycles. The molecule has 1 heterocycles. The van der Waals surface area contributed by atoms with Gasteiger partial charge < -0.3 is 14.5 Å². The van der Waals surface area contributed by atoms with Gasteiger partial charge in [-0.15, -0.1) is 0 Å². The molecule has 1 amide bonds. The molecule has 2 N–H and O–H groups in total. The molecule has 7 heteroatoms. The standard InChI is InChI=1S/C24H21N3O3S/c1-15-6-5-7-18(21(15)29-2)22(28)27-24(31)25-14-16-10-12-17(13-11-16)23-26-19-8-3-4-9-20(19)30-23/h3-13H,14H2,1-2H3,(H2,25,27,28,31). The Kier molecular flexibility index (Phi) is 5.95. The van der Waals surface area contributed by atoms with Crippen molar-refractivity contribution in [1.82, 2.24) is 15.6 Å². The van der Waals surface area contributed by atoms with Crippen LogP contribution in [0.3, 0.4) is 0 Å². The van der Waals surface area contributed by atoms with E-state index in [2.05, 4.69) is 15.6 Å². The number of aromatic nitrogens is 1. The van der Waals surface area contributed by atoms with E-state index < -0.39 is 0 Å². The quantitative estimate of drug-likeness (QED) is 0.449. The van der Waals surface area contributed by atoms with Gasteiger partial charge in [0.1, 0.15) is 11.3 Å². The lowest BCUT2D eigenvalue weighted by Crippen LogP contribution is -2.39. The number of ether oxygens (including phenoxy) is 1. The Hall–Kier alpha value is -3.71. The first-order chi connectivity index (χ1) is 15.0. The van der Waals surface area contributed by atoms with Crippen LogP contribution in [0, 0.1) is 6.92 Å². The van der Waals surface area contributed by atoms with Crippen LogP contribution in [0.25, 0.3) is 22.6 Å². The van der Waals surface area contributed by atoms with E-state index in [0.29, 0.717) is 23.7 Å². The third kappa shape index (κ3) is 4.57. The van der Waals surface area contributed by atoms with Crippen LogP contribution in [-0.2, 0) is 6.54 Å². The molecule has 156 valence electrons. The summed E-state index contributed by atoms with van der Waals surface area (Å²) in [7, 11) is 1.54. The molecule has 31 heavy (non-hydrogen) atoms. The van der Waals surface area contributed by atoms with Crippen molar-refractivity contribution >= 4 is 34.3 Å². The number of amides is 1. The Balaban J connectivity index is 1.36. The van der Waals surface area contributed by atoms with Crippen LogP contribution >= 0.6 is 12.2 Å². The van der Waals surface area contributed by atoms with E-state index in [1.54, 1.807) is 13.2 Å². The fourth-order valence-corrected chi connectivity index (χ4v) is 3.42. The molecule has 4 aromatic rings. The van der Waals surface area contributed by atoms with E-state index in [0.717, 1.165) is 27.8 Å². The Labute approximate surface area is 185 Å². The minimum absolute atomic E-state index is 0.247. The molecule has 0 aliphatic carbocycles. The lowest BCUT2D eigenvalue weighted by Gasteiger charge is -2.13. The fraction of sp³-hybridized carbons (Fsp3) is 0.125. The van der Waals surface area contributed by atoms with Crippen LogP contribution in [0.15, 0.2) is 71.1 Å². The van der Waals surface area contributed by atoms with Crippen molar-refractivity contribution in [3.63, 3.8) is 0 Å². The molecule has 6 nitrogen and oxygen atoms in total. The smallest absolute Gasteiger partial charge is 0.261 e. The highest BCUT2D eigenvalue weighted by Crippen LogP contribution is 2.24. The third-order valence-corrected chi connectivity index (χ3v) is 5.08. The number of hydrogen-bond acceptors (Lipinski definition) is 5. The summed E-state index contributed by atoms with van der Waals surface area (Å²) in [6, 6.07) is 20.9. The second kappa shape index (κ2) is 8.97. The summed E-state index contributed by atoms with van der Waals surface area (Å²) in [6.45, 7) is 2.36. The molecule has 0 atom stereocenters. The summed E-state index contributed by atoms with van der Waals surface area (Å²) in [5.74, 6) is 0.803. The predicted octanol–water partition coefficient (Wildman–Crippen LogP) is 4.62. The van der Waals surface area contributed by atoms with E-state index in [9.17, 15) is 4.79 Å². The van der Waals surface area contributed by atoms with Gasteiger partial charge in [-0.3, -0.25) is 10.1 Å². The van der Waals surface area contributed by atoms with Crippen molar-refractivity contribution in [2.75, 3.05) is 7.11 Å². The number of fused-ring (bicyclic) bond motifs is 1. The number of methoxy groups -OCH3 is 1. The van der Waals surface area contributed by atoms with Gasteiger partial charge in [-0.25, -0.2) is 4.98 Å². The number of benzene rings is 3. The number of hydrogen-bond donors (Lipinski definition) is 2. The average molecular weight is 432 g/mol. The number of thiocarbonyl (C=S) groups is 1. The fourth-order valence-electron chi connectivity index (χ4n) is 3.26. The highest BCUT2D eigenvalue weighted by Gasteiger charge is 2.15. The number of carbonyl (C=O) groups is 1. The summed E-state index contributed by atoms with van der Waals surface area (Å²) < 4.78 is 11.1. The van der Waals surface area contributed by atoms with E-state index in [-0.39, 0.29) is 11.0 Å². The molecule has 0 saturated carbocycles. The van der Waals surface area contributed by atoms with Gasteiger partial charge in [0, 0.05) is 12.1 Å². The summed E-state index contributed by atoms with van der Waals surface area (Å²) in [5, 5.41) is 6.00. The molecule has 0 spiro atoms. The second-order valence-electron chi connectivity index (χ2n) is 6.98. The minimum Gasteiger partial charge on any atom is -0.496 e. The highest BCUT2D eigenvalue weighted by molar-refractivity contribution is 7.80. The number of para-hydroxylation sites is 3. The summed E-state index contributed by atoms with van der Waals surface area (Å²) in [5.41, 5.74) is 4.80. The number of nitrogens with one attached hydrogen (secondary N) is 2. The number of aryl methyl sites for hydroxylation is 1. The predicted molar refractivity (Wildman–Crippen MR) is 124 cm³/mol. The lowest BCUT2D eigenvalue weighted by molar-refractivity contribution is 0.0973. The van der Waals surface area contributed by atoms with E-state index in [1.807, 2.05) is 67.6 Å². The van der Waals surface area contributed by atoms with Crippen molar-refractivity contribution in [2.45, 2.75) is 13.5 Å². The molecule has 0 aliphatic rings. The Morgan fingerprint density at radius 2 is 1.84 bits per heavy atom. The van der Waals surface area contributed by atoms with Gasteiger partial charge >= 0.3 is 0 Å². The number of oxazole rings is 1. The summed E-state index contributed by atoms with van der Waals surface area (Å²) in [4.78, 5) is 17.0. The Bertz CT molecular complexity index is 1220. The van der Waals surface area contributed by atoms with Gasteiger partial charge in [-0.1, -0.05) is 36.4 Å². The van der Waals surface area contributed by atoms with Gasteiger partial charge in [-0.2, -0.15) is 0 Å². The van der Waals surface area contributed by atoms with Crippen LogP contribution in [0.4, 0.5) is 0 Å². The largest absolute Gasteiger partial charge is 0.496 e. The second-order valence-corrected chi connectivity index (χ2v) is 7.38. The zero-order chi connectivity index (χ0) is 21.8. The zero-order valence-electron chi connectivity index (χ0n) is 17.1. The number of carbonyl (C=O) groups excluding carboxylic acids is 1. The van der Waals surface area contributed by atoms with Crippen molar-refractivity contribution in [1.29, 1.82) is 0 Å². The Morgan fingerprint density at radius 1 is 1.06 bits per heavy atom. The van der Waals surface area contributed by atoms with Gasteiger partial charge in [0.05, 0.1) is 12.7 Å². The Morgan fingerprint density at radius 3 is 2.58 bits per heavy atom. The maximum Gasteiger partial charge on any atom is 0.261 e. The maximum atomic E-state index is 12.5. The maximum absolute atomic E-state index is 12.5. The SMILES string of the molecule is COc1c(C)cccc1C(=O)NC(=S)NCc1ccc(-c2nc3ccccc3o2)cc1. The minimum atomic E-state index is -0.315. The molecule has 4 rings (SSSR count). The van der Waals surface area contributed by atoms with Crippen LogP contribution in [-0.4, -0.2) is 23.1 Å².